The van der Waals surface area contributed by atoms with Gasteiger partial charge in [0, 0.05) is 11.6 Å². The van der Waals surface area contributed by atoms with Crippen molar-refractivity contribution in [3.8, 4) is 5.19 Å². The van der Waals surface area contributed by atoms with Crippen molar-refractivity contribution < 1.29 is 9.63 Å². The molecule has 1 aromatic heterocycles. The van der Waals surface area contributed by atoms with E-state index < -0.39 is 5.91 Å². The van der Waals surface area contributed by atoms with Crippen LogP contribution in [0.2, 0.25) is 0 Å². The maximum Gasteiger partial charge on any atom is 0.305 e. The van der Waals surface area contributed by atoms with Crippen LogP contribution in [0.15, 0.2) is 16.7 Å². The molecular formula is C5H5N3O2S. The summed E-state index contributed by atoms with van der Waals surface area (Å²) in [4.78, 5) is 18.5. The van der Waals surface area contributed by atoms with E-state index in [1.54, 1.807) is 11.6 Å². The van der Waals surface area contributed by atoms with Crippen LogP contribution in [-0.4, -0.2) is 17.1 Å². The molecule has 0 aliphatic rings. The molecule has 0 bridgehead atoms. The van der Waals surface area contributed by atoms with Crippen molar-refractivity contribution in [1.82, 2.24) is 4.98 Å². The predicted octanol–water partition coefficient (Wildman–Crippen LogP) is -0.00700. The van der Waals surface area contributed by atoms with Crippen molar-refractivity contribution in [2.24, 2.45) is 10.9 Å². The summed E-state index contributed by atoms with van der Waals surface area (Å²) in [6.45, 7) is 0. The fraction of sp³-hybridized carbons (Fsp3) is 0. The van der Waals surface area contributed by atoms with E-state index >= 15 is 0 Å². The van der Waals surface area contributed by atoms with Gasteiger partial charge in [0.25, 0.3) is 5.91 Å². The monoisotopic (exact) mass is 171 g/mol. The van der Waals surface area contributed by atoms with Gasteiger partial charge in [-0.3, -0.25) is 4.79 Å². The Kier molecular flexibility index (Phi) is 2.56. The van der Waals surface area contributed by atoms with Gasteiger partial charge >= 0.3 is 5.19 Å². The van der Waals surface area contributed by atoms with Gasteiger partial charge in [0.1, 0.15) is 6.21 Å². The van der Waals surface area contributed by atoms with Crippen molar-refractivity contribution in [2.75, 3.05) is 0 Å². The molecule has 0 radical (unpaired) electrons. The second kappa shape index (κ2) is 3.67. The minimum atomic E-state index is -0.651. The van der Waals surface area contributed by atoms with E-state index in [0.29, 0.717) is 5.19 Å². The Bertz CT molecular complexity index is 257. The van der Waals surface area contributed by atoms with Crippen LogP contribution in [0.5, 0.6) is 5.19 Å². The smallest absolute Gasteiger partial charge is 0.305 e. The van der Waals surface area contributed by atoms with Crippen molar-refractivity contribution in [3.63, 3.8) is 0 Å². The maximum absolute atomic E-state index is 10.1. The summed E-state index contributed by atoms with van der Waals surface area (Å²) in [5, 5.41) is 5.37. The molecule has 1 amide bonds. The number of oxime groups is 1. The lowest BCUT2D eigenvalue weighted by Gasteiger charge is -1.86. The molecule has 2 N–H and O–H groups in total. The Morgan fingerprint density at radius 2 is 2.73 bits per heavy atom. The quantitative estimate of drug-likeness (QED) is 0.513. The first-order chi connectivity index (χ1) is 5.29. The van der Waals surface area contributed by atoms with Crippen molar-refractivity contribution in [2.45, 2.75) is 0 Å². The normalized spacial score (nSPS) is 10.2. The van der Waals surface area contributed by atoms with Crippen LogP contribution in [0.3, 0.4) is 0 Å². The van der Waals surface area contributed by atoms with E-state index in [9.17, 15) is 4.79 Å². The van der Waals surface area contributed by atoms with E-state index in [1.165, 1.54) is 11.3 Å². The number of thiazole rings is 1. The SMILES string of the molecule is NC(=O)C=NOc1nccs1. The van der Waals surface area contributed by atoms with Gasteiger partial charge in [-0.05, 0) is 0 Å². The molecule has 1 rings (SSSR count). The Balaban J connectivity index is 2.40. The molecule has 6 heteroatoms. The van der Waals surface area contributed by atoms with Crippen molar-refractivity contribution in [3.05, 3.63) is 11.6 Å². The number of hydrogen-bond donors (Lipinski definition) is 1. The molecule has 0 aromatic carbocycles. The lowest BCUT2D eigenvalue weighted by Crippen LogP contribution is -2.11. The predicted molar refractivity (Wildman–Crippen MR) is 40.4 cm³/mol. The molecule has 58 valence electrons. The molecular weight excluding hydrogens is 166 g/mol. The van der Waals surface area contributed by atoms with Crippen molar-refractivity contribution in [1.29, 1.82) is 0 Å². The van der Waals surface area contributed by atoms with Crippen molar-refractivity contribution >= 4 is 23.5 Å². The Labute approximate surface area is 66.5 Å². The number of primary amides is 1. The largest absolute Gasteiger partial charge is 0.365 e. The number of nitrogens with two attached hydrogens (primary N) is 1. The van der Waals surface area contributed by atoms with Crippen LogP contribution < -0.4 is 10.6 Å². The zero-order valence-corrected chi connectivity index (χ0v) is 6.25. The van der Waals surface area contributed by atoms with Gasteiger partial charge in [-0.1, -0.05) is 16.5 Å². The van der Waals surface area contributed by atoms with Crippen LogP contribution in [0.25, 0.3) is 0 Å². The third-order valence-corrected chi connectivity index (χ3v) is 1.36. The summed E-state index contributed by atoms with van der Waals surface area (Å²) in [6, 6.07) is 0. The molecule has 11 heavy (non-hydrogen) atoms. The molecule has 0 spiro atoms. The number of rotatable bonds is 3. The summed E-state index contributed by atoms with van der Waals surface area (Å²) in [5.41, 5.74) is 4.75. The van der Waals surface area contributed by atoms with Gasteiger partial charge in [-0.15, -0.1) is 0 Å². The first kappa shape index (κ1) is 7.67. The minimum absolute atomic E-state index is 0.377. The summed E-state index contributed by atoms with van der Waals surface area (Å²) in [7, 11) is 0. The molecule has 0 unspecified atom stereocenters. The summed E-state index contributed by atoms with van der Waals surface area (Å²) >= 11 is 1.28. The maximum atomic E-state index is 10.1. The van der Waals surface area contributed by atoms with E-state index in [0.717, 1.165) is 6.21 Å². The highest BCUT2D eigenvalue weighted by atomic mass is 32.1. The summed E-state index contributed by atoms with van der Waals surface area (Å²) < 4.78 is 0. The second-order valence-corrected chi connectivity index (χ2v) is 2.38. The molecule has 0 aliphatic heterocycles. The molecule has 5 nitrogen and oxygen atoms in total. The second-order valence-electron chi connectivity index (χ2n) is 1.53. The first-order valence-corrected chi connectivity index (χ1v) is 3.56. The van der Waals surface area contributed by atoms with Gasteiger partial charge in [-0.2, -0.15) is 0 Å². The number of aromatic nitrogens is 1. The molecule has 0 fully saturated rings. The van der Waals surface area contributed by atoms with Gasteiger partial charge < -0.3 is 10.6 Å². The highest BCUT2D eigenvalue weighted by molar-refractivity contribution is 7.11. The first-order valence-electron chi connectivity index (χ1n) is 2.68. The lowest BCUT2D eigenvalue weighted by molar-refractivity contribution is -0.111. The Morgan fingerprint density at radius 1 is 1.91 bits per heavy atom. The fourth-order valence-corrected chi connectivity index (χ4v) is 0.825. The number of carbonyl (C=O) groups is 1. The molecule has 1 heterocycles. The number of carbonyl (C=O) groups excluding carboxylic acids is 1. The minimum Gasteiger partial charge on any atom is -0.365 e. The van der Waals surface area contributed by atoms with Gasteiger partial charge in [0.15, 0.2) is 0 Å². The molecule has 0 aliphatic carbocycles. The fourth-order valence-electron chi connectivity index (χ4n) is 0.379. The molecule has 0 atom stereocenters. The molecule has 0 saturated heterocycles. The number of nitrogens with zero attached hydrogens (tertiary/aromatic N) is 2. The Morgan fingerprint density at radius 3 is 3.27 bits per heavy atom. The van der Waals surface area contributed by atoms with Gasteiger partial charge in [0.2, 0.25) is 0 Å². The summed E-state index contributed by atoms with van der Waals surface area (Å²) in [6.07, 6.45) is 2.45. The zero-order valence-electron chi connectivity index (χ0n) is 5.43. The van der Waals surface area contributed by atoms with Crippen LogP contribution in [0, 0.1) is 0 Å². The van der Waals surface area contributed by atoms with Gasteiger partial charge in [0.05, 0.1) is 0 Å². The van der Waals surface area contributed by atoms with Gasteiger partial charge in [-0.25, -0.2) is 4.98 Å². The molecule has 1 aromatic rings. The van der Waals surface area contributed by atoms with Crippen LogP contribution >= 0.6 is 11.3 Å². The van der Waals surface area contributed by atoms with E-state index in [2.05, 4.69) is 15.0 Å². The van der Waals surface area contributed by atoms with E-state index in [1.807, 2.05) is 0 Å². The Hall–Kier alpha value is -1.43. The zero-order chi connectivity index (χ0) is 8.10. The standard InChI is InChI=1S/C5H5N3O2S/c6-4(9)3-8-10-5-7-1-2-11-5/h1-3H,(H2,6,9). The van der Waals surface area contributed by atoms with E-state index in [4.69, 9.17) is 5.73 Å². The third-order valence-electron chi connectivity index (χ3n) is 0.720. The highest BCUT2D eigenvalue weighted by Gasteiger charge is 1.92. The highest BCUT2D eigenvalue weighted by Crippen LogP contribution is 2.12. The third kappa shape index (κ3) is 2.76. The van der Waals surface area contributed by atoms with Crippen LogP contribution in [0.1, 0.15) is 0 Å². The average molecular weight is 171 g/mol. The molecule has 0 saturated carbocycles. The lowest BCUT2D eigenvalue weighted by atomic mass is 10.7. The topological polar surface area (TPSA) is 77.6 Å². The average Bonchev–Trinajstić information content (AvgIpc) is 2.39. The number of amides is 1. The van der Waals surface area contributed by atoms with E-state index in [-0.39, 0.29) is 0 Å². The summed E-state index contributed by atoms with van der Waals surface area (Å²) in [5.74, 6) is -0.651. The van der Waals surface area contributed by atoms with Crippen LogP contribution in [-0.2, 0) is 4.79 Å². The number of hydrogen-bond acceptors (Lipinski definition) is 5. The van der Waals surface area contributed by atoms with Crippen LogP contribution in [0.4, 0.5) is 0 Å².